The van der Waals surface area contributed by atoms with E-state index in [4.69, 9.17) is 0 Å². The Balaban J connectivity index is 2.73. The molecule has 0 saturated heterocycles. The van der Waals surface area contributed by atoms with Crippen LogP contribution in [0, 0.1) is 10.1 Å². The van der Waals surface area contributed by atoms with E-state index in [0.29, 0.717) is 6.54 Å². The molecule has 0 fully saturated rings. The molecule has 0 aliphatic carbocycles. The summed E-state index contributed by atoms with van der Waals surface area (Å²) in [4.78, 5) is 9.64. The lowest BCUT2D eigenvalue weighted by Crippen LogP contribution is -2.16. The minimum Gasteiger partial charge on any atom is -0.385 e. The molecule has 0 spiro atoms. The molecule has 0 bridgehead atoms. The summed E-state index contributed by atoms with van der Waals surface area (Å²) in [5.74, 6) is -0.217. The zero-order chi connectivity index (χ0) is 9.84. The van der Waals surface area contributed by atoms with E-state index in [2.05, 4.69) is 15.5 Å². The monoisotopic (exact) mass is 186 g/mol. The van der Waals surface area contributed by atoms with Crippen LogP contribution in [0.5, 0.6) is 0 Å². The third-order valence-corrected chi connectivity index (χ3v) is 1.52. The van der Waals surface area contributed by atoms with Crippen LogP contribution in [0.15, 0.2) is 6.07 Å². The number of likely N-dealkylation sites (N-methyl/N-ethyl adjacent to an activating group) is 1. The molecule has 1 aromatic heterocycles. The molecule has 0 aliphatic rings. The number of hydrogen-bond donors (Lipinski definition) is 3. The van der Waals surface area contributed by atoms with Gasteiger partial charge in [-0.1, -0.05) is 5.10 Å². The van der Waals surface area contributed by atoms with E-state index in [9.17, 15) is 15.2 Å². The third-order valence-electron chi connectivity index (χ3n) is 1.52. The highest BCUT2D eigenvalue weighted by atomic mass is 16.6. The SMILES string of the molecule is CNCC(O)c1cc([N+](=O)[O-])[nH]n1. The van der Waals surface area contributed by atoms with Crippen molar-refractivity contribution >= 4 is 5.82 Å². The van der Waals surface area contributed by atoms with Gasteiger partial charge in [0.15, 0.2) is 0 Å². The highest BCUT2D eigenvalue weighted by molar-refractivity contribution is 5.22. The summed E-state index contributed by atoms with van der Waals surface area (Å²) < 4.78 is 0. The van der Waals surface area contributed by atoms with Crippen LogP contribution in [0.2, 0.25) is 0 Å². The average Bonchev–Trinajstić information content (AvgIpc) is 2.52. The lowest BCUT2D eigenvalue weighted by molar-refractivity contribution is -0.389. The van der Waals surface area contributed by atoms with Crippen molar-refractivity contribution in [1.29, 1.82) is 0 Å². The summed E-state index contributed by atoms with van der Waals surface area (Å²) in [5.41, 5.74) is 0.265. The molecule has 3 N–H and O–H groups in total. The van der Waals surface area contributed by atoms with Gasteiger partial charge in [0.2, 0.25) is 0 Å². The minimum atomic E-state index is -0.824. The summed E-state index contributed by atoms with van der Waals surface area (Å²) in [6.07, 6.45) is -0.824. The Morgan fingerprint density at radius 3 is 3.08 bits per heavy atom. The van der Waals surface area contributed by atoms with E-state index in [1.165, 1.54) is 6.07 Å². The van der Waals surface area contributed by atoms with Crippen LogP contribution in [0.3, 0.4) is 0 Å². The minimum absolute atomic E-state index is 0.217. The predicted molar refractivity (Wildman–Crippen MR) is 44.1 cm³/mol. The Morgan fingerprint density at radius 2 is 2.62 bits per heavy atom. The molecule has 72 valence electrons. The van der Waals surface area contributed by atoms with Crippen molar-refractivity contribution in [2.75, 3.05) is 13.6 Å². The van der Waals surface area contributed by atoms with Gasteiger partial charge in [0.1, 0.15) is 11.8 Å². The van der Waals surface area contributed by atoms with Crippen LogP contribution >= 0.6 is 0 Å². The van der Waals surface area contributed by atoms with Crippen LogP contribution in [-0.2, 0) is 0 Å². The second kappa shape index (κ2) is 3.97. The molecular formula is C6H10N4O3. The second-order valence-electron chi connectivity index (χ2n) is 2.51. The summed E-state index contributed by atoms with van der Waals surface area (Å²) >= 11 is 0. The van der Waals surface area contributed by atoms with Gasteiger partial charge < -0.3 is 20.5 Å². The molecule has 1 rings (SSSR count). The van der Waals surface area contributed by atoms with Crippen LogP contribution < -0.4 is 5.32 Å². The first-order valence-electron chi connectivity index (χ1n) is 3.67. The van der Waals surface area contributed by atoms with Crippen molar-refractivity contribution in [2.24, 2.45) is 0 Å². The Hall–Kier alpha value is -1.47. The highest BCUT2D eigenvalue weighted by Gasteiger charge is 2.15. The summed E-state index contributed by atoms with van der Waals surface area (Å²) in [6.45, 7) is 0.308. The number of H-pyrrole nitrogens is 1. The molecule has 1 atom stereocenters. The van der Waals surface area contributed by atoms with Crippen LogP contribution in [0.25, 0.3) is 0 Å². The van der Waals surface area contributed by atoms with Gasteiger partial charge >= 0.3 is 5.82 Å². The smallest absolute Gasteiger partial charge is 0.342 e. The van der Waals surface area contributed by atoms with E-state index in [-0.39, 0.29) is 11.5 Å². The van der Waals surface area contributed by atoms with Crippen LogP contribution in [-0.4, -0.2) is 33.8 Å². The summed E-state index contributed by atoms with van der Waals surface area (Å²) in [5, 5.41) is 28.1. The van der Waals surface area contributed by atoms with Gasteiger partial charge in [-0.25, -0.2) is 0 Å². The maximum absolute atomic E-state index is 10.2. The molecule has 7 heteroatoms. The number of hydrogen-bond acceptors (Lipinski definition) is 5. The number of aliphatic hydroxyl groups is 1. The number of aromatic amines is 1. The van der Waals surface area contributed by atoms with Gasteiger partial charge in [-0.2, -0.15) is 0 Å². The van der Waals surface area contributed by atoms with E-state index < -0.39 is 11.0 Å². The van der Waals surface area contributed by atoms with Crippen molar-refractivity contribution in [3.8, 4) is 0 Å². The maximum atomic E-state index is 10.2. The molecule has 0 aliphatic heterocycles. The van der Waals surface area contributed by atoms with Gasteiger partial charge in [0, 0.05) is 6.54 Å². The van der Waals surface area contributed by atoms with Crippen molar-refractivity contribution < 1.29 is 10.0 Å². The van der Waals surface area contributed by atoms with E-state index in [0.717, 1.165) is 0 Å². The molecule has 7 nitrogen and oxygen atoms in total. The molecular weight excluding hydrogens is 176 g/mol. The number of nitro groups is 1. The van der Waals surface area contributed by atoms with Gasteiger partial charge in [-0.05, 0) is 12.0 Å². The van der Waals surface area contributed by atoms with Gasteiger partial charge in [-0.15, -0.1) is 5.10 Å². The highest BCUT2D eigenvalue weighted by Crippen LogP contribution is 2.14. The fourth-order valence-corrected chi connectivity index (χ4v) is 0.889. The quantitative estimate of drug-likeness (QED) is 0.437. The standard InChI is InChI=1S/C6H10N4O3/c1-7-3-5(11)4-2-6(9-8-4)10(12)13/h2,5,7,11H,3H2,1H3,(H,8,9). The second-order valence-corrected chi connectivity index (χ2v) is 2.51. The molecule has 1 heterocycles. The topological polar surface area (TPSA) is 104 Å². The Kier molecular flexibility index (Phi) is 2.93. The number of rotatable bonds is 4. The van der Waals surface area contributed by atoms with Gasteiger partial charge in [-0.3, -0.25) is 0 Å². The molecule has 0 aromatic carbocycles. The Labute approximate surface area is 73.9 Å². The number of aliphatic hydroxyl groups excluding tert-OH is 1. The largest absolute Gasteiger partial charge is 0.385 e. The van der Waals surface area contributed by atoms with Crippen molar-refractivity contribution in [3.63, 3.8) is 0 Å². The predicted octanol–water partition coefficient (Wildman–Crippen LogP) is -0.429. The molecule has 0 radical (unpaired) electrons. The van der Waals surface area contributed by atoms with Crippen molar-refractivity contribution in [3.05, 3.63) is 21.9 Å². The molecule has 1 aromatic rings. The van der Waals surface area contributed by atoms with E-state index in [1.807, 2.05) is 0 Å². The third kappa shape index (κ3) is 2.23. The zero-order valence-corrected chi connectivity index (χ0v) is 7.02. The van der Waals surface area contributed by atoms with Gasteiger partial charge in [0.25, 0.3) is 0 Å². The number of aromatic nitrogens is 2. The fraction of sp³-hybridized carbons (Fsp3) is 0.500. The Morgan fingerprint density at radius 1 is 1.92 bits per heavy atom. The summed E-state index contributed by atoms with van der Waals surface area (Å²) in [7, 11) is 1.67. The molecule has 1 unspecified atom stereocenters. The van der Waals surface area contributed by atoms with Crippen LogP contribution in [0.1, 0.15) is 11.8 Å². The number of nitrogens with zero attached hydrogens (tertiary/aromatic N) is 2. The molecule has 13 heavy (non-hydrogen) atoms. The zero-order valence-electron chi connectivity index (χ0n) is 7.02. The number of nitrogens with one attached hydrogen (secondary N) is 2. The average molecular weight is 186 g/mol. The first-order valence-corrected chi connectivity index (χ1v) is 3.67. The first-order chi connectivity index (χ1) is 6.15. The Bertz CT molecular complexity index is 298. The lowest BCUT2D eigenvalue weighted by atomic mass is 10.2. The molecule has 0 saturated carbocycles. The summed E-state index contributed by atoms with van der Waals surface area (Å²) in [6, 6.07) is 1.21. The lowest BCUT2D eigenvalue weighted by Gasteiger charge is -2.03. The normalized spacial score (nSPS) is 12.8. The van der Waals surface area contributed by atoms with E-state index >= 15 is 0 Å². The van der Waals surface area contributed by atoms with Gasteiger partial charge in [0.05, 0.1) is 6.07 Å². The first kappa shape index (κ1) is 9.62. The molecule has 0 amide bonds. The van der Waals surface area contributed by atoms with E-state index in [1.54, 1.807) is 7.05 Å². The maximum Gasteiger partial charge on any atom is 0.342 e. The fourth-order valence-electron chi connectivity index (χ4n) is 0.889. The van der Waals surface area contributed by atoms with Crippen LogP contribution in [0.4, 0.5) is 5.82 Å². The van der Waals surface area contributed by atoms with Crippen molar-refractivity contribution in [2.45, 2.75) is 6.10 Å². The van der Waals surface area contributed by atoms with Crippen molar-refractivity contribution in [1.82, 2.24) is 15.5 Å².